The number of esters is 2. The fraction of sp³-hybridized carbons (Fsp3) is 0.827. The van der Waals surface area contributed by atoms with Crippen LogP contribution >= 0.6 is 0 Å². The van der Waals surface area contributed by atoms with Crippen molar-refractivity contribution in [1.29, 1.82) is 0 Å². The van der Waals surface area contributed by atoms with E-state index in [0.29, 0.717) is 12.8 Å². The van der Waals surface area contributed by atoms with E-state index < -0.39 is 18.1 Å². The van der Waals surface area contributed by atoms with E-state index in [1.54, 1.807) is 21.1 Å². The van der Waals surface area contributed by atoms with Crippen molar-refractivity contribution in [1.82, 2.24) is 0 Å². The van der Waals surface area contributed by atoms with Crippen molar-refractivity contribution >= 4 is 17.9 Å². The van der Waals surface area contributed by atoms with Crippen LogP contribution in [0.2, 0.25) is 0 Å². The quantitative estimate of drug-likeness (QED) is 0.0260. The van der Waals surface area contributed by atoms with Gasteiger partial charge in [-0.1, -0.05) is 198 Å². The molecule has 0 saturated heterocycles. The van der Waals surface area contributed by atoms with E-state index in [1.807, 2.05) is 0 Å². The molecule has 0 rings (SSSR count). The fourth-order valence-corrected chi connectivity index (χ4v) is 7.38. The standard InChI is InChI=1S/C52H95NO7/c1-6-8-10-12-14-16-18-20-22-24-25-27-29-31-33-35-37-39-41-43-51(55)60-48(46-58-45-44-49(52(56)57)53(3,4)5)47-59-50(54)42-40-38-36-34-32-30-28-26-23-21-19-17-15-13-11-9-7-2/h21,23,28,30,34,36,48-49H,6-20,22,24-27,29,31-33,35,37-47H2,1-5H3/b23-21+,30-28+,36-34+. The smallest absolute Gasteiger partial charge is 0.306 e. The summed E-state index contributed by atoms with van der Waals surface area (Å²) in [5.74, 6) is -1.79. The zero-order valence-electron chi connectivity index (χ0n) is 39.9. The lowest BCUT2D eigenvalue weighted by atomic mass is 10.0. The van der Waals surface area contributed by atoms with Crippen LogP contribution in [0.15, 0.2) is 36.5 Å². The molecule has 0 aliphatic carbocycles. The first kappa shape index (κ1) is 57.5. The summed E-state index contributed by atoms with van der Waals surface area (Å²) in [7, 11) is 5.40. The molecule has 8 heteroatoms. The van der Waals surface area contributed by atoms with Crippen molar-refractivity contribution in [2.45, 2.75) is 238 Å². The minimum Gasteiger partial charge on any atom is -0.544 e. The Morgan fingerprint density at radius 2 is 0.900 bits per heavy atom. The molecule has 0 aliphatic heterocycles. The van der Waals surface area contributed by atoms with Gasteiger partial charge in [-0.3, -0.25) is 9.59 Å². The summed E-state index contributed by atoms with van der Waals surface area (Å²) in [5.41, 5.74) is 0. The molecule has 2 unspecified atom stereocenters. The Morgan fingerprint density at radius 1 is 0.500 bits per heavy atom. The van der Waals surface area contributed by atoms with E-state index >= 15 is 0 Å². The predicted octanol–water partition coefficient (Wildman–Crippen LogP) is 12.9. The van der Waals surface area contributed by atoms with E-state index in [4.69, 9.17) is 14.2 Å². The second-order valence-electron chi connectivity index (χ2n) is 18.1. The average molecular weight is 846 g/mol. The number of allylic oxidation sites excluding steroid dienone is 6. The summed E-state index contributed by atoms with van der Waals surface area (Å²) in [6, 6.07) is -0.732. The molecule has 350 valence electrons. The van der Waals surface area contributed by atoms with Gasteiger partial charge in [-0.25, -0.2) is 0 Å². The lowest BCUT2D eigenvalue weighted by Gasteiger charge is -2.34. The minimum absolute atomic E-state index is 0.0281. The van der Waals surface area contributed by atoms with Crippen LogP contribution in [-0.4, -0.2) is 75.5 Å². The summed E-state index contributed by atoms with van der Waals surface area (Å²) in [6.45, 7) is 4.63. The Hall–Kier alpha value is -2.45. The number of carbonyl (C=O) groups is 3. The fourth-order valence-electron chi connectivity index (χ4n) is 7.38. The molecule has 0 aromatic carbocycles. The number of aliphatic carboxylic acids is 1. The SMILES string of the molecule is CCCCCCCC/C=C/C/C=C/C/C=C/CCCC(=O)OCC(COCCC(C(=O)[O-])[N+](C)(C)C)OC(=O)CCCCCCCCCCCCCCCCCCCCC. The highest BCUT2D eigenvalue weighted by Crippen LogP contribution is 2.16. The second-order valence-corrected chi connectivity index (χ2v) is 18.1. The van der Waals surface area contributed by atoms with Crippen LogP contribution in [0.5, 0.6) is 0 Å². The van der Waals surface area contributed by atoms with Crippen LogP contribution in [0, 0.1) is 0 Å². The van der Waals surface area contributed by atoms with Crippen molar-refractivity contribution < 1.29 is 38.2 Å². The molecule has 0 spiro atoms. The molecule has 0 amide bonds. The van der Waals surface area contributed by atoms with Crippen LogP contribution < -0.4 is 5.11 Å². The van der Waals surface area contributed by atoms with E-state index in [-0.39, 0.29) is 49.1 Å². The summed E-state index contributed by atoms with van der Waals surface area (Å²) in [6.07, 6.45) is 50.4. The molecular weight excluding hydrogens is 751 g/mol. The van der Waals surface area contributed by atoms with Gasteiger partial charge in [-0.05, 0) is 44.9 Å². The number of hydrogen-bond acceptors (Lipinski definition) is 7. The number of hydrogen-bond donors (Lipinski definition) is 0. The van der Waals surface area contributed by atoms with Crippen molar-refractivity contribution in [2.24, 2.45) is 0 Å². The Balaban J connectivity index is 4.31. The highest BCUT2D eigenvalue weighted by Gasteiger charge is 2.25. The first-order valence-electron chi connectivity index (χ1n) is 25.0. The zero-order valence-corrected chi connectivity index (χ0v) is 39.9. The third kappa shape index (κ3) is 40.9. The van der Waals surface area contributed by atoms with Gasteiger partial charge < -0.3 is 28.6 Å². The number of rotatable bonds is 45. The first-order valence-corrected chi connectivity index (χ1v) is 25.0. The zero-order chi connectivity index (χ0) is 44.2. The van der Waals surface area contributed by atoms with Gasteiger partial charge >= 0.3 is 11.9 Å². The minimum atomic E-state index is -1.13. The molecule has 0 saturated carbocycles. The monoisotopic (exact) mass is 846 g/mol. The third-order valence-electron chi connectivity index (χ3n) is 11.3. The number of carboxylic acid groups (broad SMARTS) is 1. The van der Waals surface area contributed by atoms with Crippen molar-refractivity contribution in [3.8, 4) is 0 Å². The van der Waals surface area contributed by atoms with Gasteiger partial charge in [0.25, 0.3) is 0 Å². The van der Waals surface area contributed by atoms with Crippen molar-refractivity contribution in [3.05, 3.63) is 36.5 Å². The molecule has 2 atom stereocenters. The number of likely N-dealkylation sites (N-methyl/N-ethyl adjacent to an activating group) is 1. The maximum atomic E-state index is 12.8. The normalized spacial score (nSPS) is 13.2. The number of unbranched alkanes of at least 4 members (excludes halogenated alkanes) is 25. The predicted molar refractivity (Wildman–Crippen MR) is 250 cm³/mol. The van der Waals surface area contributed by atoms with E-state index in [2.05, 4.69) is 50.3 Å². The number of carboxylic acids is 1. The largest absolute Gasteiger partial charge is 0.544 e. The molecule has 0 radical (unpaired) electrons. The maximum absolute atomic E-state index is 12.8. The average Bonchev–Trinajstić information content (AvgIpc) is 3.21. The van der Waals surface area contributed by atoms with Crippen LogP contribution in [0.25, 0.3) is 0 Å². The molecule has 0 N–H and O–H groups in total. The number of nitrogens with zero attached hydrogens (tertiary/aromatic N) is 1. The highest BCUT2D eigenvalue weighted by atomic mass is 16.6. The summed E-state index contributed by atoms with van der Waals surface area (Å²) < 4.78 is 17.2. The molecule has 0 heterocycles. The maximum Gasteiger partial charge on any atom is 0.306 e. The van der Waals surface area contributed by atoms with Gasteiger partial charge in [0.15, 0.2) is 6.10 Å². The van der Waals surface area contributed by atoms with E-state index in [0.717, 1.165) is 38.5 Å². The summed E-state index contributed by atoms with van der Waals surface area (Å²) in [4.78, 5) is 37.0. The van der Waals surface area contributed by atoms with Gasteiger partial charge in [-0.2, -0.15) is 0 Å². The topological polar surface area (TPSA) is 102 Å². The Morgan fingerprint density at radius 3 is 1.35 bits per heavy atom. The van der Waals surface area contributed by atoms with Crippen molar-refractivity contribution in [3.63, 3.8) is 0 Å². The van der Waals surface area contributed by atoms with Crippen molar-refractivity contribution in [2.75, 3.05) is 41.0 Å². The number of carbonyl (C=O) groups excluding carboxylic acids is 3. The molecule has 0 aromatic rings. The molecule has 8 nitrogen and oxygen atoms in total. The molecular formula is C52H95NO7. The first-order chi connectivity index (χ1) is 29.1. The Kier molecular flexibility index (Phi) is 41.4. The summed E-state index contributed by atoms with van der Waals surface area (Å²) >= 11 is 0. The van der Waals surface area contributed by atoms with Crippen LogP contribution in [0.3, 0.4) is 0 Å². The Labute approximate surface area is 370 Å². The summed E-state index contributed by atoms with van der Waals surface area (Å²) in [5, 5.41) is 11.6. The Bertz CT molecular complexity index is 1080. The van der Waals surface area contributed by atoms with Gasteiger partial charge in [-0.15, -0.1) is 0 Å². The van der Waals surface area contributed by atoms with E-state index in [1.165, 1.54) is 148 Å². The van der Waals surface area contributed by atoms with Gasteiger partial charge in [0.05, 0.1) is 40.3 Å². The van der Waals surface area contributed by atoms with E-state index in [9.17, 15) is 19.5 Å². The molecule has 0 bridgehead atoms. The van der Waals surface area contributed by atoms with Crippen LogP contribution in [-0.2, 0) is 28.6 Å². The van der Waals surface area contributed by atoms with Crippen LogP contribution in [0.4, 0.5) is 0 Å². The molecule has 0 fully saturated rings. The van der Waals surface area contributed by atoms with Gasteiger partial charge in [0, 0.05) is 19.3 Å². The lowest BCUT2D eigenvalue weighted by molar-refractivity contribution is -0.889. The second kappa shape index (κ2) is 43.2. The number of quaternary nitrogens is 1. The molecule has 0 aliphatic rings. The lowest BCUT2D eigenvalue weighted by Crippen LogP contribution is -2.55. The van der Waals surface area contributed by atoms with Crippen LogP contribution in [0.1, 0.15) is 226 Å². The molecule has 0 aromatic heterocycles. The third-order valence-corrected chi connectivity index (χ3v) is 11.3. The number of ether oxygens (including phenoxy) is 3. The van der Waals surface area contributed by atoms with Gasteiger partial charge in [0.2, 0.25) is 0 Å². The van der Waals surface area contributed by atoms with Gasteiger partial charge in [0.1, 0.15) is 12.6 Å². The highest BCUT2D eigenvalue weighted by molar-refractivity contribution is 5.70. The molecule has 60 heavy (non-hydrogen) atoms.